The van der Waals surface area contributed by atoms with E-state index in [2.05, 4.69) is 6.58 Å². The average Bonchev–Trinajstić information content (AvgIpc) is 2.69. The molecular formula is C13H14N2O3. The van der Waals surface area contributed by atoms with Crippen LogP contribution in [0.2, 0.25) is 0 Å². The van der Waals surface area contributed by atoms with Crippen LogP contribution >= 0.6 is 0 Å². The van der Waals surface area contributed by atoms with Crippen molar-refractivity contribution in [2.24, 2.45) is 5.92 Å². The summed E-state index contributed by atoms with van der Waals surface area (Å²) in [6.45, 7) is 5.81. The quantitative estimate of drug-likeness (QED) is 0.467. The van der Waals surface area contributed by atoms with E-state index in [0.717, 1.165) is 0 Å². The molecule has 94 valence electrons. The summed E-state index contributed by atoms with van der Waals surface area (Å²) in [6, 6.07) is 5.02. The number of rotatable bonds is 3. The van der Waals surface area contributed by atoms with Gasteiger partial charge in [-0.3, -0.25) is 14.9 Å². The van der Waals surface area contributed by atoms with Crippen molar-refractivity contribution in [3.63, 3.8) is 0 Å². The molecule has 1 unspecified atom stereocenters. The van der Waals surface area contributed by atoms with Crippen LogP contribution < -0.4 is 4.90 Å². The molecule has 1 heterocycles. The van der Waals surface area contributed by atoms with Crippen LogP contribution in [0.3, 0.4) is 0 Å². The second-order valence-electron chi connectivity index (χ2n) is 4.40. The Morgan fingerprint density at radius 2 is 2.28 bits per heavy atom. The van der Waals surface area contributed by atoms with Crippen LogP contribution in [0.4, 0.5) is 11.4 Å². The van der Waals surface area contributed by atoms with E-state index in [1.165, 1.54) is 4.90 Å². The van der Waals surface area contributed by atoms with Gasteiger partial charge in [-0.15, -0.1) is 6.58 Å². The topological polar surface area (TPSA) is 63.5 Å². The largest absolute Gasteiger partial charge is 0.306 e. The minimum absolute atomic E-state index is 0.00978. The van der Waals surface area contributed by atoms with Crippen molar-refractivity contribution in [1.29, 1.82) is 0 Å². The van der Waals surface area contributed by atoms with Crippen LogP contribution in [0.25, 0.3) is 0 Å². The number of nitro benzene ring substituents is 1. The minimum Gasteiger partial charge on any atom is -0.306 e. The molecule has 2 rings (SSSR count). The Labute approximate surface area is 105 Å². The van der Waals surface area contributed by atoms with Gasteiger partial charge in [0.25, 0.3) is 5.69 Å². The van der Waals surface area contributed by atoms with Gasteiger partial charge in [0.05, 0.1) is 4.92 Å². The summed E-state index contributed by atoms with van der Waals surface area (Å²) in [5.41, 5.74) is 0.956. The van der Waals surface area contributed by atoms with Gasteiger partial charge < -0.3 is 4.90 Å². The predicted molar refractivity (Wildman–Crippen MR) is 68.5 cm³/mol. The molecule has 1 saturated heterocycles. The fraction of sp³-hybridized carbons (Fsp3) is 0.308. The average molecular weight is 246 g/mol. The molecule has 1 aliphatic heterocycles. The van der Waals surface area contributed by atoms with E-state index in [1.807, 2.05) is 0 Å². The van der Waals surface area contributed by atoms with E-state index < -0.39 is 4.92 Å². The summed E-state index contributed by atoms with van der Waals surface area (Å²) in [5.74, 6) is -0.0220. The highest BCUT2D eigenvalue weighted by atomic mass is 16.6. The number of aryl methyl sites for hydroxylation is 1. The lowest BCUT2D eigenvalue weighted by atomic mass is 10.1. The lowest BCUT2D eigenvalue weighted by Gasteiger charge is -2.16. The van der Waals surface area contributed by atoms with E-state index >= 15 is 0 Å². The van der Waals surface area contributed by atoms with Crippen LogP contribution in [0, 0.1) is 23.0 Å². The third-order valence-electron chi connectivity index (χ3n) is 3.18. The molecule has 0 radical (unpaired) electrons. The highest BCUT2D eigenvalue weighted by Crippen LogP contribution is 2.35. The summed E-state index contributed by atoms with van der Waals surface area (Å²) in [6.07, 6.45) is 2.09. The Bertz CT molecular complexity index is 525. The van der Waals surface area contributed by atoms with Gasteiger partial charge >= 0.3 is 0 Å². The molecule has 0 spiro atoms. The SMILES string of the molecule is C=CC1CC(=O)N(c2cccc(C)c2[N+](=O)[O-])C1. The lowest BCUT2D eigenvalue weighted by molar-refractivity contribution is -0.384. The number of nitrogens with zero attached hydrogens (tertiary/aromatic N) is 2. The Kier molecular flexibility index (Phi) is 3.14. The lowest BCUT2D eigenvalue weighted by Crippen LogP contribution is -2.25. The Morgan fingerprint density at radius 3 is 2.83 bits per heavy atom. The zero-order valence-corrected chi connectivity index (χ0v) is 10.1. The summed E-state index contributed by atoms with van der Waals surface area (Å²) >= 11 is 0. The highest BCUT2D eigenvalue weighted by Gasteiger charge is 2.33. The summed E-state index contributed by atoms with van der Waals surface area (Å²) in [4.78, 5) is 24.0. The number of carbonyl (C=O) groups is 1. The van der Waals surface area contributed by atoms with Crippen molar-refractivity contribution in [1.82, 2.24) is 0 Å². The molecule has 0 bridgehead atoms. The van der Waals surface area contributed by atoms with Gasteiger partial charge in [-0.25, -0.2) is 0 Å². The number of benzene rings is 1. The molecule has 5 heteroatoms. The molecule has 5 nitrogen and oxygen atoms in total. The molecule has 1 aromatic carbocycles. The summed E-state index contributed by atoms with van der Waals surface area (Å²) in [7, 11) is 0. The van der Waals surface area contributed by atoms with Crippen LogP contribution in [0.15, 0.2) is 30.9 Å². The standard InChI is InChI=1S/C13H14N2O3/c1-3-10-7-12(16)14(8-10)11-6-4-5-9(2)13(11)15(17)18/h3-6,10H,1,7-8H2,2H3. The number of para-hydroxylation sites is 1. The van der Waals surface area contributed by atoms with Gasteiger partial charge in [0.15, 0.2) is 0 Å². The Balaban J connectivity index is 2.46. The first-order valence-corrected chi connectivity index (χ1v) is 5.71. The van der Waals surface area contributed by atoms with Gasteiger partial charge in [0.1, 0.15) is 5.69 Å². The van der Waals surface area contributed by atoms with E-state index in [0.29, 0.717) is 24.2 Å². The van der Waals surface area contributed by atoms with Crippen molar-refractivity contribution < 1.29 is 9.72 Å². The van der Waals surface area contributed by atoms with E-state index in [1.54, 1.807) is 31.2 Å². The molecule has 1 atom stereocenters. The maximum atomic E-state index is 11.9. The molecule has 1 amide bonds. The number of amides is 1. The van der Waals surface area contributed by atoms with Crippen molar-refractivity contribution in [3.8, 4) is 0 Å². The first-order valence-electron chi connectivity index (χ1n) is 5.71. The molecule has 0 aromatic heterocycles. The van der Waals surface area contributed by atoms with Crippen molar-refractivity contribution in [2.75, 3.05) is 11.4 Å². The zero-order valence-electron chi connectivity index (χ0n) is 10.1. The van der Waals surface area contributed by atoms with Crippen molar-refractivity contribution in [2.45, 2.75) is 13.3 Å². The fourth-order valence-electron chi connectivity index (χ4n) is 2.22. The predicted octanol–water partition coefficient (Wildman–Crippen LogP) is 2.44. The number of nitro groups is 1. The summed E-state index contributed by atoms with van der Waals surface area (Å²) < 4.78 is 0. The zero-order chi connectivity index (χ0) is 13.3. The highest BCUT2D eigenvalue weighted by molar-refractivity contribution is 5.98. The molecule has 1 aromatic rings. The van der Waals surface area contributed by atoms with E-state index in [9.17, 15) is 14.9 Å². The molecule has 0 N–H and O–H groups in total. The van der Waals surface area contributed by atoms with Crippen molar-refractivity contribution >= 4 is 17.3 Å². The molecule has 0 saturated carbocycles. The normalized spacial score (nSPS) is 19.1. The molecule has 1 aliphatic rings. The number of carbonyl (C=O) groups excluding carboxylic acids is 1. The molecular weight excluding hydrogens is 232 g/mol. The molecule has 18 heavy (non-hydrogen) atoms. The van der Waals surface area contributed by atoms with Crippen molar-refractivity contribution in [3.05, 3.63) is 46.5 Å². The Morgan fingerprint density at radius 1 is 1.56 bits per heavy atom. The van der Waals surface area contributed by atoms with Gasteiger partial charge in [0.2, 0.25) is 5.91 Å². The monoisotopic (exact) mass is 246 g/mol. The second kappa shape index (κ2) is 4.60. The Hall–Kier alpha value is -2.17. The minimum atomic E-state index is -0.431. The summed E-state index contributed by atoms with van der Waals surface area (Å²) in [5, 5.41) is 11.1. The second-order valence-corrected chi connectivity index (χ2v) is 4.40. The van der Waals surface area contributed by atoms with Gasteiger partial charge in [-0.1, -0.05) is 18.2 Å². The van der Waals surface area contributed by atoms with Gasteiger partial charge in [0, 0.05) is 24.4 Å². The third-order valence-corrected chi connectivity index (χ3v) is 3.18. The number of hydrogen-bond donors (Lipinski definition) is 0. The maximum Gasteiger partial charge on any atom is 0.295 e. The number of anilines is 1. The third kappa shape index (κ3) is 1.99. The molecule has 0 aliphatic carbocycles. The van der Waals surface area contributed by atoms with E-state index in [-0.39, 0.29) is 17.5 Å². The van der Waals surface area contributed by atoms with Crippen LogP contribution in [-0.2, 0) is 4.79 Å². The maximum absolute atomic E-state index is 11.9. The van der Waals surface area contributed by atoms with Crippen LogP contribution in [-0.4, -0.2) is 17.4 Å². The number of hydrogen-bond acceptors (Lipinski definition) is 3. The molecule has 1 fully saturated rings. The first-order chi connectivity index (χ1) is 8.54. The van der Waals surface area contributed by atoms with E-state index in [4.69, 9.17) is 0 Å². The van der Waals surface area contributed by atoms with Crippen LogP contribution in [0.5, 0.6) is 0 Å². The van der Waals surface area contributed by atoms with Gasteiger partial charge in [-0.05, 0) is 13.0 Å². The first kappa shape index (κ1) is 12.3. The van der Waals surface area contributed by atoms with Crippen LogP contribution in [0.1, 0.15) is 12.0 Å². The van der Waals surface area contributed by atoms with Gasteiger partial charge in [-0.2, -0.15) is 0 Å². The fourth-order valence-corrected chi connectivity index (χ4v) is 2.22. The smallest absolute Gasteiger partial charge is 0.295 e.